The van der Waals surface area contributed by atoms with Gasteiger partial charge in [-0.15, -0.1) is 0 Å². The van der Waals surface area contributed by atoms with Crippen molar-refractivity contribution in [3.05, 3.63) is 120 Å². The first kappa shape index (κ1) is 25.6. The van der Waals surface area contributed by atoms with E-state index in [1.165, 1.54) is 6.26 Å². The molecule has 1 heterocycles. The van der Waals surface area contributed by atoms with Crippen molar-refractivity contribution in [3.8, 4) is 5.88 Å². The molecule has 0 unspecified atom stereocenters. The molecule has 36 heavy (non-hydrogen) atoms. The third-order valence-electron chi connectivity index (χ3n) is 5.63. The van der Waals surface area contributed by atoms with Gasteiger partial charge in [-0.25, -0.2) is 0 Å². The number of nitrogens with zero attached hydrogens (tertiary/aromatic N) is 1. The van der Waals surface area contributed by atoms with Crippen LogP contribution < -0.4 is 4.74 Å². The maximum Gasteiger partial charge on any atom is 0.254 e. The number of methoxy groups -OCH3 is 1. The van der Waals surface area contributed by atoms with Crippen molar-refractivity contribution in [1.29, 1.82) is 0 Å². The van der Waals surface area contributed by atoms with Gasteiger partial charge in [0.2, 0.25) is 0 Å². The topological polar surface area (TPSA) is 72.2 Å². The minimum absolute atomic E-state index is 0.114. The molecule has 0 aliphatic heterocycles. The van der Waals surface area contributed by atoms with E-state index in [9.17, 15) is 0 Å². The molecule has 0 saturated heterocycles. The average molecular weight is 490 g/mol. The molecular formula is C29H31NO6. The summed E-state index contributed by atoms with van der Waals surface area (Å²) < 4.78 is 34.0. The Labute approximate surface area is 211 Å². The van der Waals surface area contributed by atoms with Crippen LogP contribution in [0.3, 0.4) is 0 Å². The number of ether oxygens (including phenoxy) is 5. The van der Waals surface area contributed by atoms with E-state index in [1.54, 1.807) is 13.2 Å². The Bertz CT molecular complexity index is 1010. The monoisotopic (exact) mass is 489 g/mol. The molecule has 7 nitrogen and oxygen atoms in total. The van der Waals surface area contributed by atoms with E-state index < -0.39 is 11.7 Å². The van der Waals surface area contributed by atoms with Crippen molar-refractivity contribution in [2.24, 2.45) is 0 Å². The molecule has 1 atom stereocenters. The van der Waals surface area contributed by atoms with Crippen LogP contribution >= 0.6 is 0 Å². The van der Waals surface area contributed by atoms with Gasteiger partial charge in [-0.2, -0.15) is 0 Å². The fraction of sp³-hybridized carbons (Fsp3) is 0.276. The van der Waals surface area contributed by atoms with Crippen LogP contribution in [0.2, 0.25) is 0 Å². The summed E-state index contributed by atoms with van der Waals surface area (Å²) in [6.07, 6.45) is 0.987. The SMILES string of the molecule is COCCOCOC[C@H](COC(c1ccccc1)(c1ccccc1)c1ccccc1)Oc1ccon1. The normalized spacial score (nSPS) is 12.4. The van der Waals surface area contributed by atoms with Crippen LogP contribution in [-0.4, -0.2) is 51.6 Å². The zero-order valence-electron chi connectivity index (χ0n) is 20.3. The van der Waals surface area contributed by atoms with Gasteiger partial charge in [0.1, 0.15) is 24.8 Å². The average Bonchev–Trinajstić information content (AvgIpc) is 3.46. The van der Waals surface area contributed by atoms with Gasteiger partial charge in [0, 0.05) is 13.2 Å². The third kappa shape index (κ3) is 6.59. The second-order valence-electron chi connectivity index (χ2n) is 8.06. The van der Waals surface area contributed by atoms with Gasteiger partial charge in [-0.1, -0.05) is 91.0 Å². The Morgan fingerprint density at radius 1 is 0.722 bits per heavy atom. The standard InChI is InChI=1S/C29H31NO6/c1-31-19-20-32-23-33-21-27(36-28-17-18-35-30-28)22-34-29(24-11-5-2-6-12-24,25-13-7-3-8-14-25)26-15-9-4-10-16-26/h2-18,27H,19-23H2,1H3/t27-/m1/s1. The largest absolute Gasteiger partial charge is 0.467 e. The van der Waals surface area contributed by atoms with Crippen LogP contribution in [-0.2, 0) is 24.5 Å². The first-order valence-corrected chi connectivity index (χ1v) is 11.8. The molecule has 0 aliphatic carbocycles. The van der Waals surface area contributed by atoms with Gasteiger partial charge in [-0.3, -0.25) is 0 Å². The van der Waals surface area contributed by atoms with Crippen molar-refractivity contribution in [2.75, 3.05) is 40.3 Å². The van der Waals surface area contributed by atoms with E-state index in [-0.39, 0.29) is 20.0 Å². The van der Waals surface area contributed by atoms with Crippen molar-refractivity contribution >= 4 is 0 Å². The number of hydrogen-bond acceptors (Lipinski definition) is 7. The minimum Gasteiger partial charge on any atom is -0.467 e. The van der Waals surface area contributed by atoms with Crippen LogP contribution in [0.4, 0.5) is 0 Å². The Morgan fingerprint density at radius 2 is 1.31 bits per heavy atom. The maximum atomic E-state index is 6.87. The summed E-state index contributed by atoms with van der Waals surface area (Å²) in [6.45, 7) is 1.50. The van der Waals surface area contributed by atoms with Crippen molar-refractivity contribution in [3.63, 3.8) is 0 Å². The fourth-order valence-electron chi connectivity index (χ4n) is 3.98. The fourth-order valence-corrected chi connectivity index (χ4v) is 3.98. The number of rotatable bonds is 15. The highest BCUT2D eigenvalue weighted by atomic mass is 16.7. The molecule has 0 bridgehead atoms. The highest BCUT2D eigenvalue weighted by Crippen LogP contribution is 2.40. The summed E-state index contributed by atoms with van der Waals surface area (Å²) in [7, 11) is 1.63. The third-order valence-corrected chi connectivity index (χ3v) is 5.63. The van der Waals surface area contributed by atoms with Gasteiger partial charge in [-0.05, 0) is 21.8 Å². The van der Waals surface area contributed by atoms with Gasteiger partial charge >= 0.3 is 0 Å². The summed E-state index contributed by atoms with van der Waals surface area (Å²) in [6, 6.07) is 32.2. The molecule has 0 amide bonds. The predicted molar refractivity (Wildman–Crippen MR) is 135 cm³/mol. The minimum atomic E-state index is -0.871. The molecule has 1 aromatic heterocycles. The number of hydrogen-bond donors (Lipinski definition) is 0. The van der Waals surface area contributed by atoms with Crippen molar-refractivity contribution in [1.82, 2.24) is 5.16 Å². The zero-order chi connectivity index (χ0) is 24.9. The van der Waals surface area contributed by atoms with E-state index >= 15 is 0 Å². The van der Waals surface area contributed by atoms with Crippen LogP contribution in [0.5, 0.6) is 5.88 Å². The molecule has 0 radical (unpaired) electrons. The maximum absolute atomic E-state index is 6.87. The summed E-state index contributed by atoms with van der Waals surface area (Å²) in [5.41, 5.74) is 2.15. The smallest absolute Gasteiger partial charge is 0.254 e. The molecule has 0 spiro atoms. The molecule has 0 saturated carbocycles. The lowest BCUT2D eigenvalue weighted by atomic mass is 9.80. The lowest BCUT2D eigenvalue weighted by Crippen LogP contribution is -2.38. The summed E-state index contributed by atoms with van der Waals surface area (Å²) in [5, 5.41) is 3.89. The van der Waals surface area contributed by atoms with Gasteiger partial charge in [0.15, 0.2) is 0 Å². The summed E-state index contributed by atoms with van der Waals surface area (Å²) in [5.74, 6) is 0.359. The molecule has 188 valence electrons. The Kier molecular flexibility index (Phi) is 9.64. The highest BCUT2D eigenvalue weighted by Gasteiger charge is 2.38. The summed E-state index contributed by atoms with van der Waals surface area (Å²) >= 11 is 0. The van der Waals surface area contributed by atoms with E-state index in [0.717, 1.165) is 16.7 Å². The van der Waals surface area contributed by atoms with E-state index in [2.05, 4.69) is 41.6 Å². The van der Waals surface area contributed by atoms with Gasteiger partial charge in [0.25, 0.3) is 5.88 Å². The summed E-state index contributed by atoms with van der Waals surface area (Å²) in [4.78, 5) is 0. The Morgan fingerprint density at radius 3 is 1.81 bits per heavy atom. The molecule has 4 aromatic rings. The Balaban J connectivity index is 1.62. The van der Waals surface area contributed by atoms with Crippen LogP contribution in [0.25, 0.3) is 0 Å². The molecule has 0 N–H and O–H groups in total. The molecule has 3 aromatic carbocycles. The Hall–Kier alpha value is -3.49. The second-order valence-corrected chi connectivity index (χ2v) is 8.06. The number of benzene rings is 3. The van der Waals surface area contributed by atoms with Gasteiger partial charge < -0.3 is 28.2 Å². The van der Waals surface area contributed by atoms with Crippen LogP contribution in [0.15, 0.2) is 108 Å². The van der Waals surface area contributed by atoms with Crippen LogP contribution in [0, 0.1) is 0 Å². The van der Waals surface area contributed by atoms with Crippen molar-refractivity contribution < 1.29 is 28.2 Å². The first-order chi connectivity index (χ1) is 17.8. The lowest BCUT2D eigenvalue weighted by molar-refractivity contribution is -0.104. The molecule has 7 heteroatoms. The molecular weight excluding hydrogens is 458 g/mol. The zero-order valence-corrected chi connectivity index (χ0v) is 20.3. The first-order valence-electron chi connectivity index (χ1n) is 11.8. The van der Waals surface area contributed by atoms with E-state index in [1.807, 2.05) is 54.6 Å². The molecule has 0 aliphatic rings. The predicted octanol–water partition coefficient (Wildman–Crippen LogP) is 5.07. The highest BCUT2D eigenvalue weighted by molar-refractivity contribution is 5.47. The quantitative estimate of drug-likeness (QED) is 0.131. The molecule has 4 rings (SSSR count). The van der Waals surface area contributed by atoms with Crippen LogP contribution in [0.1, 0.15) is 16.7 Å². The van der Waals surface area contributed by atoms with Crippen molar-refractivity contribution in [2.45, 2.75) is 11.7 Å². The number of aromatic nitrogens is 1. The van der Waals surface area contributed by atoms with E-state index in [4.69, 9.17) is 28.2 Å². The van der Waals surface area contributed by atoms with Gasteiger partial charge in [0.05, 0.1) is 26.4 Å². The second kappa shape index (κ2) is 13.6. The van der Waals surface area contributed by atoms with E-state index in [0.29, 0.717) is 19.1 Å². The molecule has 0 fully saturated rings. The lowest BCUT2D eigenvalue weighted by Gasteiger charge is -2.37.